The molecular formula is C22H25BrN2O4. The Labute approximate surface area is 178 Å². The maximum atomic E-state index is 6.21. The number of hydrogen-bond acceptors (Lipinski definition) is 5. The second-order valence-electron chi connectivity index (χ2n) is 7.08. The van der Waals surface area contributed by atoms with Gasteiger partial charge in [0.15, 0.2) is 5.75 Å². The van der Waals surface area contributed by atoms with Gasteiger partial charge in [-0.2, -0.15) is 0 Å². The zero-order valence-corrected chi connectivity index (χ0v) is 18.3. The van der Waals surface area contributed by atoms with E-state index in [0.29, 0.717) is 19.3 Å². The molecular weight excluding hydrogens is 436 g/mol. The Hall–Kier alpha value is -2.09. The summed E-state index contributed by atoms with van der Waals surface area (Å²) in [5, 5.41) is 0. The molecule has 1 aliphatic heterocycles. The largest absolute Gasteiger partial charge is 0.497 e. The van der Waals surface area contributed by atoms with Gasteiger partial charge in [-0.15, -0.1) is 0 Å². The lowest BCUT2D eigenvalue weighted by molar-refractivity contribution is 0.0788. The molecule has 1 saturated heterocycles. The lowest BCUT2D eigenvalue weighted by Crippen LogP contribution is -2.18. The number of rotatable bonds is 7. The maximum absolute atomic E-state index is 6.21. The minimum absolute atomic E-state index is 0.361. The van der Waals surface area contributed by atoms with E-state index in [2.05, 4.69) is 26.6 Å². The van der Waals surface area contributed by atoms with Crippen LogP contribution in [-0.4, -0.2) is 37.0 Å². The fourth-order valence-corrected chi connectivity index (χ4v) is 4.14. The van der Waals surface area contributed by atoms with E-state index >= 15 is 0 Å². The second-order valence-corrected chi connectivity index (χ2v) is 7.94. The van der Waals surface area contributed by atoms with Gasteiger partial charge < -0.3 is 23.5 Å². The average molecular weight is 461 g/mol. The van der Waals surface area contributed by atoms with Crippen LogP contribution < -0.4 is 9.47 Å². The first kappa shape index (κ1) is 20.2. The summed E-state index contributed by atoms with van der Waals surface area (Å²) in [5.41, 5.74) is 2.93. The third-order valence-electron chi connectivity index (χ3n) is 5.24. The molecule has 154 valence electrons. The van der Waals surface area contributed by atoms with Crippen molar-refractivity contribution in [2.45, 2.75) is 32.1 Å². The second kappa shape index (κ2) is 9.15. The molecule has 0 atom stereocenters. The summed E-state index contributed by atoms with van der Waals surface area (Å²) < 4.78 is 25.5. The molecule has 29 heavy (non-hydrogen) atoms. The van der Waals surface area contributed by atoms with Crippen molar-refractivity contribution in [1.29, 1.82) is 0 Å². The number of fused-ring (bicyclic) bond motifs is 1. The van der Waals surface area contributed by atoms with Crippen LogP contribution in [0.25, 0.3) is 11.0 Å². The highest BCUT2D eigenvalue weighted by Crippen LogP contribution is 2.37. The first-order chi connectivity index (χ1) is 14.2. The van der Waals surface area contributed by atoms with E-state index in [9.17, 15) is 0 Å². The fraction of sp³-hybridized carbons (Fsp3) is 0.409. The summed E-state index contributed by atoms with van der Waals surface area (Å²) in [5.74, 6) is 2.98. The zero-order chi connectivity index (χ0) is 20.2. The van der Waals surface area contributed by atoms with Gasteiger partial charge in [0.05, 0.1) is 17.1 Å². The van der Waals surface area contributed by atoms with Crippen LogP contribution in [0, 0.1) is 0 Å². The topological polar surface area (TPSA) is 54.7 Å². The van der Waals surface area contributed by atoms with Gasteiger partial charge in [-0.1, -0.05) is 12.1 Å². The van der Waals surface area contributed by atoms with Crippen molar-refractivity contribution in [2.75, 3.05) is 27.4 Å². The molecule has 0 radical (unpaired) electrons. The molecule has 7 heteroatoms. The molecule has 4 rings (SSSR count). The lowest BCUT2D eigenvalue weighted by Gasteiger charge is -2.22. The van der Waals surface area contributed by atoms with Gasteiger partial charge in [0.2, 0.25) is 0 Å². The standard InChI is InChI=1S/C22H25BrN2O4/c1-26-14-25-19-8-7-18(23)21(29-13-15-3-5-17(27-2)6-4-15)20(19)24-22(25)16-9-11-28-12-10-16/h3-8,16H,9-14H2,1-2H3. The molecule has 1 fully saturated rings. The van der Waals surface area contributed by atoms with E-state index in [4.69, 9.17) is 23.9 Å². The maximum Gasteiger partial charge on any atom is 0.161 e. The van der Waals surface area contributed by atoms with Crippen LogP contribution in [0.4, 0.5) is 0 Å². The molecule has 2 aromatic carbocycles. The summed E-state index contributed by atoms with van der Waals surface area (Å²) in [6, 6.07) is 11.9. The van der Waals surface area contributed by atoms with Gasteiger partial charge in [0.25, 0.3) is 0 Å². The summed E-state index contributed by atoms with van der Waals surface area (Å²) >= 11 is 3.64. The van der Waals surface area contributed by atoms with Crippen molar-refractivity contribution in [2.24, 2.45) is 0 Å². The predicted molar refractivity (Wildman–Crippen MR) is 115 cm³/mol. The molecule has 2 heterocycles. The van der Waals surface area contributed by atoms with E-state index in [1.54, 1.807) is 14.2 Å². The summed E-state index contributed by atoms with van der Waals surface area (Å²) in [4.78, 5) is 5.01. The van der Waals surface area contributed by atoms with Crippen molar-refractivity contribution in [3.63, 3.8) is 0 Å². The summed E-state index contributed by atoms with van der Waals surface area (Å²) in [6.07, 6.45) is 1.94. The van der Waals surface area contributed by atoms with Crippen molar-refractivity contribution in [1.82, 2.24) is 9.55 Å². The number of imidazole rings is 1. The average Bonchev–Trinajstić information content (AvgIpc) is 3.13. The Morgan fingerprint density at radius 1 is 1.10 bits per heavy atom. The number of ether oxygens (including phenoxy) is 4. The van der Waals surface area contributed by atoms with Gasteiger partial charge in [-0.3, -0.25) is 0 Å². The number of hydrogen-bond donors (Lipinski definition) is 0. The Kier molecular flexibility index (Phi) is 6.37. The molecule has 0 spiro atoms. The van der Waals surface area contributed by atoms with E-state index in [1.807, 2.05) is 30.3 Å². The molecule has 6 nitrogen and oxygen atoms in total. The van der Waals surface area contributed by atoms with Crippen molar-refractivity contribution in [3.8, 4) is 11.5 Å². The van der Waals surface area contributed by atoms with Crippen molar-refractivity contribution >= 4 is 27.0 Å². The zero-order valence-electron chi connectivity index (χ0n) is 16.7. The van der Waals surface area contributed by atoms with Crippen molar-refractivity contribution in [3.05, 3.63) is 52.3 Å². The quantitative estimate of drug-likeness (QED) is 0.502. The van der Waals surface area contributed by atoms with Gasteiger partial charge in [-0.25, -0.2) is 4.98 Å². The Balaban J connectivity index is 1.68. The molecule has 0 N–H and O–H groups in total. The van der Waals surface area contributed by atoms with Gasteiger partial charge >= 0.3 is 0 Å². The Bertz CT molecular complexity index is 965. The number of methoxy groups -OCH3 is 2. The van der Waals surface area contributed by atoms with E-state index in [-0.39, 0.29) is 0 Å². The van der Waals surface area contributed by atoms with Crippen LogP contribution in [0.1, 0.15) is 30.1 Å². The van der Waals surface area contributed by atoms with Gasteiger partial charge in [-0.05, 0) is 58.6 Å². The number of nitrogens with zero attached hydrogens (tertiary/aromatic N) is 2. The van der Waals surface area contributed by atoms with Crippen LogP contribution in [0.3, 0.4) is 0 Å². The van der Waals surface area contributed by atoms with Crippen LogP contribution in [0.15, 0.2) is 40.9 Å². The normalized spacial score (nSPS) is 15.0. The SMILES string of the molecule is COCn1c(C2CCOCC2)nc2c(OCc3ccc(OC)cc3)c(Br)ccc21. The summed E-state index contributed by atoms with van der Waals surface area (Å²) in [7, 11) is 3.37. The molecule has 0 bridgehead atoms. The van der Waals surface area contributed by atoms with Crippen LogP contribution >= 0.6 is 15.9 Å². The van der Waals surface area contributed by atoms with Gasteiger partial charge in [0.1, 0.15) is 30.4 Å². The van der Waals surface area contributed by atoms with Crippen LogP contribution in [-0.2, 0) is 22.8 Å². The number of aromatic nitrogens is 2. The van der Waals surface area contributed by atoms with Crippen LogP contribution in [0.2, 0.25) is 0 Å². The van der Waals surface area contributed by atoms with Crippen molar-refractivity contribution < 1.29 is 18.9 Å². The van der Waals surface area contributed by atoms with Crippen LogP contribution in [0.5, 0.6) is 11.5 Å². The molecule has 3 aromatic rings. The predicted octanol–water partition coefficient (Wildman–Crippen LogP) is 4.88. The monoisotopic (exact) mass is 460 g/mol. The first-order valence-electron chi connectivity index (χ1n) is 9.72. The minimum atomic E-state index is 0.361. The lowest BCUT2D eigenvalue weighted by atomic mass is 9.99. The molecule has 1 aromatic heterocycles. The Morgan fingerprint density at radius 2 is 1.86 bits per heavy atom. The van der Waals surface area contributed by atoms with E-state index in [0.717, 1.165) is 64.4 Å². The number of benzene rings is 2. The molecule has 0 unspecified atom stereocenters. The Morgan fingerprint density at radius 3 is 2.55 bits per heavy atom. The summed E-state index contributed by atoms with van der Waals surface area (Å²) in [6.45, 7) is 2.45. The van der Waals surface area contributed by atoms with E-state index < -0.39 is 0 Å². The molecule has 0 amide bonds. The first-order valence-corrected chi connectivity index (χ1v) is 10.5. The smallest absolute Gasteiger partial charge is 0.161 e. The van der Waals surface area contributed by atoms with E-state index in [1.165, 1.54) is 0 Å². The highest BCUT2D eigenvalue weighted by molar-refractivity contribution is 9.10. The third kappa shape index (κ3) is 4.27. The third-order valence-corrected chi connectivity index (χ3v) is 5.87. The minimum Gasteiger partial charge on any atom is -0.497 e. The molecule has 1 aliphatic rings. The fourth-order valence-electron chi connectivity index (χ4n) is 3.71. The highest BCUT2D eigenvalue weighted by Gasteiger charge is 2.25. The van der Waals surface area contributed by atoms with Gasteiger partial charge in [0, 0.05) is 26.2 Å². The molecule has 0 saturated carbocycles. The highest BCUT2D eigenvalue weighted by atomic mass is 79.9. The molecule has 0 aliphatic carbocycles. The number of halogens is 1.